The fourth-order valence-corrected chi connectivity index (χ4v) is 1.17. The van der Waals surface area contributed by atoms with E-state index in [1.165, 1.54) is 0 Å². The lowest BCUT2D eigenvalue weighted by Crippen LogP contribution is -2.40. The van der Waals surface area contributed by atoms with Crippen LogP contribution in [0, 0.1) is 16.7 Å². The third-order valence-corrected chi connectivity index (χ3v) is 2.81. The molecule has 1 aliphatic rings. The van der Waals surface area contributed by atoms with E-state index in [1.807, 2.05) is 13.0 Å². The average Bonchev–Trinajstić information content (AvgIpc) is 2.78. The molecule has 1 amide bonds. The second-order valence-electron chi connectivity index (χ2n) is 4.48. The molecule has 0 aliphatic heterocycles. The minimum atomic E-state index is -0.961. The quantitative estimate of drug-likeness (QED) is 0.727. The molecule has 0 spiro atoms. The normalized spacial score (nSPS) is 30.6. The monoisotopic (exact) mass is 196 g/mol. The van der Waals surface area contributed by atoms with Crippen molar-refractivity contribution in [1.82, 2.24) is 5.32 Å². The van der Waals surface area contributed by atoms with E-state index in [-0.39, 0.29) is 17.6 Å². The maximum absolute atomic E-state index is 11.6. The van der Waals surface area contributed by atoms with Crippen LogP contribution in [-0.4, -0.2) is 24.7 Å². The molecule has 0 aromatic heterocycles. The Morgan fingerprint density at radius 1 is 1.71 bits per heavy atom. The second-order valence-corrected chi connectivity index (χ2v) is 4.48. The Morgan fingerprint density at radius 2 is 2.29 bits per heavy atom. The Kier molecular flexibility index (Phi) is 2.55. The summed E-state index contributed by atoms with van der Waals surface area (Å²) >= 11 is 0. The molecule has 1 saturated carbocycles. The molecule has 0 heterocycles. The Labute approximate surface area is 84.2 Å². The van der Waals surface area contributed by atoms with Crippen molar-refractivity contribution in [2.75, 3.05) is 7.11 Å². The van der Waals surface area contributed by atoms with Gasteiger partial charge in [-0.2, -0.15) is 5.26 Å². The lowest BCUT2D eigenvalue weighted by molar-refractivity contribution is -0.127. The van der Waals surface area contributed by atoms with E-state index in [0.29, 0.717) is 0 Å². The molecule has 0 aromatic rings. The number of hydrogen-bond donors (Lipinski definition) is 1. The first-order valence-electron chi connectivity index (χ1n) is 4.63. The largest absolute Gasteiger partial charge is 0.376 e. The van der Waals surface area contributed by atoms with Crippen molar-refractivity contribution < 1.29 is 9.53 Å². The van der Waals surface area contributed by atoms with Gasteiger partial charge in [0.1, 0.15) is 5.41 Å². The van der Waals surface area contributed by atoms with Crippen LogP contribution in [-0.2, 0) is 9.53 Å². The first-order chi connectivity index (χ1) is 6.35. The Bertz CT molecular complexity index is 293. The molecule has 2 unspecified atom stereocenters. The highest BCUT2D eigenvalue weighted by Crippen LogP contribution is 2.39. The second kappa shape index (κ2) is 3.25. The number of methoxy groups -OCH3 is 1. The summed E-state index contributed by atoms with van der Waals surface area (Å²) in [5, 5.41) is 11.5. The van der Waals surface area contributed by atoms with Crippen molar-refractivity contribution in [1.29, 1.82) is 5.26 Å². The molecule has 1 fully saturated rings. The number of carbonyl (C=O) groups excluding carboxylic acids is 1. The number of carbonyl (C=O) groups is 1. The third kappa shape index (κ3) is 1.88. The highest BCUT2D eigenvalue weighted by molar-refractivity contribution is 5.85. The van der Waals surface area contributed by atoms with Gasteiger partial charge in [-0.25, -0.2) is 0 Å². The Hall–Kier alpha value is -1.08. The topological polar surface area (TPSA) is 62.1 Å². The molecule has 4 nitrogen and oxygen atoms in total. The van der Waals surface area contributed by atoms with E-state index in [0.717, 1.165) is 6.42 Å². The highest BCUT2D eigenvalue weighted by Gasteiger charge is 2.52. The van der Waals surface area contributed by atoms with Crippen LogP contribution in [0.2, 0.25) is 0 Å². The smallest absolute Gasteiger partial charge is 0.240 e. The lowest BCUT2D eigenvalue weighted by atomic mass is 9.95. The first-order valence-corrected chi connectivity index (χ1v) is 4.63. The summed E-state index contributed by atoms with van der Waals surface area (Å²) in [6.45, 7) is 5.15. The molecular formula is C10H16N2O2. The predicted octanol–water partition coefficient (Wildman–Crippen LogP) is 0.830. The van der Waals surface area contributed by atoms with Crippen molar-refractivity contribution in [2.45, 2.75) is 38.8 Å². The van der Waals surface area contributed by atoms with Crippen molar-refractivity contribution >= 4 is 5.91 Å². The zero-order chi connectivity index (χ0) is 11.0. The van der Waals surface area contributed by atoms with Crippen LogP contribution in [0.25, 0.3) is 0 Å². The van der Waals surface area contributed by atoms with Gasteiger partial charge in [0, 0.05) is 13.5 Å². The lowest BCUT2D eigenvalue weighted by Gasteiger charge is -2.16. The molecule has 78 valence electrons. The van der Waals surface area contributed by atoms with Gasteiger partial charge in [0.15, 0.2) is 0 Å². The molecule has 1 rings (SSSR count). The van der Waals surface area contributed by atoms with Gasteiger partial charge in [0.25, 0.3) is 0 Å². The van der Waals surface area contributed by atoms with Gasteiger partial charge in [0.05, 0.1) is 17.7 Å². The molecule has 2 atom stereocenters. The van der Waals surface area contributed by atoms with Crippen molar-refractivity contribution in [3.63, 3.8) is 0 Å². The summed E-state index contributed by atoms with van der Waals surface area (Å²) in [4.78, 5) is 11.6. The highest BCUT2D eigenvalue weighted by atomic mass is 16.5. The standard InChI is InChI=1S/C10H16N2O2/c1-9(2,6-11)8(13)12-7-5-10(7,3)14-4/h7H,5H2,1-4H3,(H,12,13). The molecule has 0 radical (unpaired) electrons. The summed E-state index contributed by atoms with van der Waals surface area (Å²) in [7, 11) is 1.63. The van der Waals surface area contributed by atoms with E-state index in [9.17, 15) is 4.79 Å². The number of ether oxygens (including phenoxy) is 1. The fraction of sp³-hybridized carbons (Fsp3) is 0.800. The van der Waals surface area contributed by atoms with Gasteiger partial charge >= 0.3 is 0 Å². The molecule has 1 aliphatic carbocycles. The summed E-state index contributed by atoms with van der Waals surface area (Å²) in [5.74, 6) is -0.231. The molecule has 14 heavy (non-hydrogen) atoms. The number of rotatable bonds is 3. The van der Waals surface area contributed by atoms with Crippen molar-refractivity contribution in [3.8, 4) is 6.07 Å². The zero-order valence-electron chi connectivity index (χ0n) is 9.05. The zero-order valence-corrected chi connectivity index (χ0v) is 9.05. The van der Waals surface area contributed by atoms with Gasteiger partial charge in [-0.1, -0.05) is 0 Å². The number of nitrogens with one attached hydrogen (secondary N) is 1. The number of nitriles is 1. The van der Waals surface area contributed by atoms with Gasteiger partial charge < -0.3 is 10.1 Å². The Morgan fingerprint density at radius 3 is 2.64 bits per heavy atom. The van der Waals surface area contributed by atoms with E-state index in [4.69, 9.17) is 10.00 Å². The summed E-state index contributed by atoms with van der Waals surface area (Å²) < 4.78 is 5.21. The summed E-state index contributed by atoms with van der Waals surface area (Å²) in [6.07, 6.45) is 0.816. The summed E-state index contributed by atoms with van der Waals surface area (Å²) in [5.41, 5.74) is -1.20. The number of hydrogen-bond acceptors (Lipinski definition) is 3. The minimum absolute atomic E-state index is 0.0487. The van der Waals surface area contributed by atoms with Crippen LogP contribution < -0.4 is 5.32 Å². The molecule has 0 saturated heterocycles. The SMILES string of the molecule is COC1(C)CC1NC(=O)C(C)(C)C#N. The molecule has 0 aromatic carbocycles. The minimum Gasteiger partial charge on any atom is -0.376 e. The van der Waals surface area contributed by atoms with E-state index >= 15 is 0 Å². The van der Waals surface area contributed by atoms with Crippen LogP contribution in [0.1, 0.15) is 27.2 Å². The van der Waals surface area contributed by atoms with E-state index < -0.39 is 5.41 Å². The van der Waals surface area contributed by atoms with Gasteiger partial charge in [-0.3, -0.25) is 4.79 Å². The van der Waals surface area contributed by atoms with Crippen LogP contribution in [0.3, 0.4) is 0 Å². The number of nitrogens with zero attached hydrogens (tertiary/aromatic N) is 1. The fourth-order valence-electron chi connectivity index (χ4n) is 1.17. The Balaban J connectivity index is 2.50. The average molecular weight is 196 g/mol. The van der Waals surface area contributed by atoms with Crippen LogP contribution in [0.15, 0.2) is 0 Å². The molecule has 1 N–H and O–H groups in total. The van der Waals surface area contributed by atoms with Crippen molar-refractivity contribution in [2.24, 2.45) is 5.41 Å². The van der Waals surface area contributed by atoms with Crippen LogP contribution in [0.5, 0.6) is 0 Å². The van der Waals surface area contributed by atoms with Crippen LogP contribution in [0.4, 0.5) is 0 Å². The maximum Gasteiger partial charge on any atom is 0.240 e. The third-order valence-electron chi connectivity index (χ3n) is 2.81. The number of amides is 1. The van der Waals surface area contributed by atoms with E-state index in [1.54, 1.807) is 21.0 Å². The van der Waals surface area contributed by atoms with Gasteiger partial charge in [-0.15, -0.1) is 0 Å². The van der Waals surface area contributed by atoms with Gasteiger partial charge in [-0.05, 0) is 20.8 Å². The molecule has 0 bridgehead atoms. The molecule has 4 heteroatoms. The molecular weight excluding hydrogens is 180 g/mol. The predicted molar refractivity (Wildman–Crippen MR) is 51.4 cm³/mol. The van der Waals surface area contributed by atoms with Gasteiger partial charge in [0.2, 0.25) is 5.91 Å². The first kappa shape index (κ1) is 11.0. The van der Waals surface area contributed by atoms with E-state index in [2.05, 4.69) is 5.32 Å². The maximum atomic E-state index is 11.6. The van der Waals surface area contributed by atoms with Crippen LogP contribution >= 0.6 is 0 Å². The van der Waals surface area contributed by atoms with Crippen molar-refractivity contribution in [3.05, 3.63) is 0 Å². The summed E-state index contributed by atoms with van der Waals surface area (Å²) in [6, 6.07) is 2.02.